The van der Waals surface area contributed by atoms with Gasteiger partial charge < -0.3 is 10.1 Å². The number of ether oxygens (including phenoxy) is 1. The third-order valence-electron chi connectivity index (χ3n) is 3.19. The van der Waals surface area contributed by atoms with E-state index in [1.54, 1.807) is 25.1 Å². The number of halogens is 2. The minimum atomic E-state index is -0.618. The molecule has 2 aromatic carbocycles. The average molecular weight is 383 g/mol. The summed E-state index contributed by atoms with van der Waals surface area (Å²) in [5, 5.41) is 3.50. The Morgan fingerprint density at radius 1 is 1.23 bits per heavy atom. The van der Waals surface area contributed by atoms with Crippen LogP contribution in [0.1, 0.15) is 18.1 Å². The third kappa shape index (κ3) is 4.24. The molecule has 1 N–H and O–H groups in total. The highest BCUT2D eigenvalue weighted by Crippen LogP contribution is 2.25. The van der Waals surface area contributed by atoms with Crippen LogP contribution in [0.15, 0.2) is 40.9 Å². The lowest BCUT2D eigenvalue weighted by molar-refractivity contribution is -0.122. The Morgan fingerprint density at radius 2 is 1.95 bits per heavy atom. The number of carbonyl (C=O) groups is 1. The summed E-state index contributed by atoms with van der Waals surface area (Å²) in [5.41, 5.74) is 2.73. The highest BCUT2D eigenvalue weighted by molar-refractivity contribution is 9.10. The molecule has 0 bridgehead atoms. The molecular weight excluding hydrogens is 366 g/mol. The number of hydrogen-bond donors (Lipinski definition) is 1. The SMILES string of the molecule is Cc1ccc(NC(=O)[C@H](C)Oc2ccc(Cl)cc2C)c(Br)c1. The fourth-order valence-corrected chi connectivity index (χ4v) is 2.76. The summed E-state index contributed by atoms with van der Waals surface area (Å²) in [7, 11) is 0. The van der Waals surface area contributed by atoms with Gasteiger partial charge in [0.25, 0.3) is 5.91 Å². The van der Waals surface area contributed by atoms with Crippen molar-refractivity contribution in [2.45, 2.75) is 26.9 Å². The quantitative estimate of drug-likeness (QED) is 0.796. The summed E-state index contributed by atoms with van der Waals surface area (Å²) in [6.45, 7) is 5.60. The maximum atomic E-state index is 12.2. The van der Waals surface area contributed by atoms with E-state index in [9.17, 15) is 4.79 Å². The molecule has 0 aliphatic heterocycles. The molecule has 1 atom stereocenters. The molecule has 2 aromatic rings. The van der Waals surface area contributed by atoms with Gasteiger partial charge in [-0.2, -0.15) is 0 Å². The molecule has 0 unspecified atom stereocenters. The van der Waals surface area contributed by atoms with E-state index in [-0.39, 0.29) is 5.91 Å². The van der Waals surface area contributed by atoms with E-state index < -0.39 is 6.10 Å². The van der Waals surface area contributed by atoms with Crippen LogP contribution in [0.3, 0.4) is 0 Å². The number of hydrogen-bond acceptors (Lipinski definition) is 2. The first-order valence-corrected chi connectivity index (χ1v) is 8.03. The number of rotatable bonds is 4. The van der Waals surface area contributed by atoms with Gasteiger partial charge in [-0.15, -0.1) is 0 Å². The topological polar surface area (TPSA) is 38.3 Å². The number of aryl methyl sites for hydroxylation is 2. The maximum Gasteiger partial charge on any atom is 0.265 e. The molecule has 116 valence electrons. The van der Waals surface area contributed by atoms with Gasteiger partial charge in [0.15, 0.2) is 6.10 Å². The molecule has 3 nitrogen and oxygen atoms in total. The van der Waals surface area contributed by atoms with Crippen LogP contribution in [-0.2, 0) is 4.79 Å². The fourth-order valence-electron chi connectivity index (χ4n) is 1.94. The zero-order valence-electron chi connectivity index (χ0n) is 12.6. The largest absolute Gasteiger partial charge is 0.481 e. The molecule has 0 aliphatic rings. The van der Waals surface area contributed by atoms with E-state index in [4.69, 9.17) is 16.3 Å². The first-order chi connectivity index (χ1) is 10.4. The van der Waals surface area contributed by atoms with Gasteiger partial charge in [-0.25, -0.2) is 0 Å². The number of nitrogens with one attached hydrogen (secondary N) is 1. The zero-order valence-corrected chi connectivity index (χ0v) is 15.0. The highest BCUT2D eigenvalue weighted by Gasteiger charge is 2.17. The summed E-state index contributed by atoms with van der Waals surface area (Å²) in [6, 6.07) is 11.1. The van der Waals surface area contributed by atoms with Crippen molar-refractivity contribution >= 4 is 39.1 Å². The van der Waals surface area contributed by atoms with Gasteiger partial charge in [-0.3, -0.25) is 4.79 Å². The number of carbonyl (C=O) groups excluding carboxylic acids is 1. The summed E-state index contributed by atoms with van der Waals surface area (Å²) < 4.78 is 6.55. The van der Waals surface area contributed by atoms with Gasteiger partial charge in [-0.05, 0) is 78.2 Å². The van der Waals surface area contributed by atoms with Crippen LogP contribution >= 0.6 is 27.5 Å². The number of benzene rings is 2. The Bertz CT molecular complexity index is 703. The minimum absolute atomic E-state index is 0.209. The molecule has 0 saturated heterocycles. The highest BCUT2D eigenvalue weighted by atomic mass is 79.9. The Morgan fingerprint density at radius 3 is 2.59 bits per heavy atom. The second-order valence-electron chi connectivity index (χ2n) is 5.14. The molecule has 0 aromatic heterocycles. The lowest BCUT2D eigenvalue weighted by Crippen LogP contribution is -2.30. The Labute approximate surface area is 143 Å². The van der Waals surface area contributed by atoms with E-state index in [0.717, 1.165) is 21.3 Å². The Balaban J connectivity index is 2.05. The van der Waals surface area contributed by atoms with Crippen molar-refractivity contribution in [1.82, 2.24) is 0 Å². The molecule has 22 heavy (non-hydrogen) atoms. The van der Waals surface area contributed by atoms with E-state index in [2.05, 4.69) is 21.2 Å². The van der Waals surface area contributed by atoms with Gasteiger partial charge in [0, 0.05) is 9.50 Å². The van der Waals surface area contributed by atoms with Crippen molar-refractivity contribution in [3.63, 3.8) is 0 Å². The average Bonchev–Trinajstić information content (AvgIpc) is 2.44. The normalized spacial score (nSPS) is 11.9. The maximum absolute atomic E-state index is 12.2. The molecule has 2 rings (SSSR count). The van der Waals surface area contributed by atoms with Crippen molar-refractivity contribution in [3.05, 3.63) is 57.0 Å². The Hall–Kier alpha value is -1.52. The van der Waals surface area contributed by atoms with Crippen LogP contribution in [0.2, 0.25) is 5.02 Å². The van der Waals surface area contributed by atoms with Crippen LogP contribution < -0.4 is 10.1 Å². The molecule has 0 aliphatic carbocycles. The van der Waals surface area contributed by atoms with Crippen molar-refractivity contribution in [2.75, 3.05) is 5.32 Å². The van der Waals surface area contributed by atoms with Crippen molar-refractivity contribution in [3.8, 4) is 5.75 Å². The molecule has 5 heteroatoms. The van der Waals surface area contributed by atoms with Crippen LogP contribution in [0, 0.1) is 13.8 Å². The number of amides is 1. The zero-order chi connectivity index (χ0) is 16.3. The van der Waals surface area contributed by atoms with Gasteiger partial charge >= 0.3 is 0 Å². The first kappa shape index (κ1) is 16.8. The molecule has 0 saturated carbocycles. The summed E-state index contributed by atoms with van der Waals surface area (Å²) >= 11 is 9.35. The molecule has 1 amide bonds. The van der Waals surface area contributed by atoms with Crippen LogP contribution in [0.5, 0.6) is 5.75 Å². The molecule has 0 radical (unpaired) electrons. The molecular formula is C17H17BrClNO2. The second-order valence-corrected chi connectivity index (χ2v) is 6.43. The predicted octanol–water partition coefficient (Wildman–Crippen LogP) is 5.13. The Kier molecular flexibility index (Phi) is 5.48. The van der Waals surface area contributed by atoms with Crippen molar-refractivity contribution in [1.29, 1.82) is 0 Å². The van der Waals surface area contributed by atoms with Gasteiger partial charge in [0.2, 0.25) is 0 Å². The lowest BCUT2D eigenvalue weighted by atomic mass is 10.2. The third-order valence-corrected chi connectivity index (χ3v) is 4.08. The van der Waals surface area contributed by atoms with E-state index >= 15 is 0 Å². The summed E-state index contributed by atoms with van der Waals surface area (Å²) in [4.78, 5) is 12.2. The monoisotopic (exact) mass is 381 g/mol. The van der Waals surface area contributed by atoms with E-state index in [0.29, 0.717) is 10.8 Å². The predicted molar refractivity (Wildman–Crippen MR) is 93.8 cm³/mol. The fraction of sp³-hybridized carbons (Fsp3) is 0.235. The van der Waals surface area contributed by atoms with Gasteiger partial charge in [0.05, 0.1) is 5.69 Å². The standard InChI is InChI=1S/C17H17BrClNO2/c1-10-4-6-15(14(18)8-10)20-17(21)12(3)22-16-7-5-13(19)9-11(16)2/h4-9,12H,1-3H3,(H,20,21)/t12-/m0/s1. The van der Waals surface area contributed by atoms with Crippen LogP contribution in [0.4, 0.5) is 5.69 Å². The van der Waals surface area contributed by atoms with Gasteiger partial charge in [-0.1, -0.05) is 17.7 Å². The number of anilines is 1. The molecule has 0 heterocycles. The van der Waals surface area contributed by atoms with Crippen LogP contribution in [0.25, 0.3) is 0 Å². The smallest absolute Gasteiger partial charge is 0.265 e. The second kappa shape index (κ2) is 7.16. The van der Waals surface area contributed by atoms with Gasteiger partial charge in [0.1, 0.15) is 5.75 Å². The molecule has 0 fully saturated rings. The van der Waals surface area contributed by atoms with Crippen molar-refractivity contribution in [2.24, 2.45) is 0 Å². The minimum Gasteiger partial charge on any atom is -0.481 e. The van der Waals surface area contributed by atoms with E-state index in [1.807, 2.05) is 32.0 Å². The summed E-state index contributed by atoms with van der Waals surface area (Å²) in [6.07, 6.45) is -0.618. The molecule has 0 spiro atoms. The summed E-state index contributed by atoms with van der Waals surface area (Å²) in [5.74, 6) is 0.439. The van der Waals surface area contributed by atoms with Crippen molar-refractivity contribution < 1.29 is 9.53 Å². The van der Waals surface area contributed by atoms with Crippen LogP contribution in [-0.4, -0.2) is 12.0 Å². The van der Waals surface area contributed by atoms with E-state index in [1.165, 1.54) is 0 Å². The lowest BCUT2D eigenvalue weighted by Gasteiger charge is -2.17. The first-order valence-electron chi connectivity index (χ1n) is 6.86.